The molecule has 2 aliphatic rings. The van der Waals surface area contributed by atoms with Gasteiger partial charge in [-0.3, -0.25) is 4.79 Å². The molecule has 35 heavy (non-hydrogen) atoms. The maximum atomic E-state index is 15.1. The third kappa shape index (κ3) is 4.54. The van der Waals surface area contributed by atoms with E-state index >= 15 is 4.39 Å². The van der Waals surface area contributed by atoms with Crippen LogP contribution in [-0.4, -0.2) is 51.1 Å². The number of carbonyl (C=O) groups excluding carboxylic acids is 1. The number of hydrogen-bond acceptors (Lipinski definition) is 5. The molecule has 7 nitrogen and oxygen atoms in total. The maximum Gasteiger partial charge on any atom is 0.573 e. The lowest BCUT2D eigenvalue weighted by Gasteiger charge is -2.33. The third-order valence-corrected chi connectivity index (χ3v) is 6.72. The lowest BCUT2D eigenvalue weighted by atomic mass is 9.84. The Balaban J connectivity index is 1.33. The first kappa shape index (κ1) is 23.1. The molecule has 1 aliphatic carbocycles. The number of aromatic nitrogens is 2. The number of aromatic amines is 1. The zero-order chi connectivity index (χ0) is 24.7. The quantitative estimate of drug-likeness (QED) is 0.309. The van der Waals surface area contributed by atoms with Crippen LogP contribution in [0.5, 0.6) is 5.75 Å². The second-order valence-electron chi connectivity index (χ2n) is 8.81. The van der Waals surface area contributed by atoms with Gasteiger partial charge in [-0.05, 0) is 61.4 Å². The Bertz CT molecular complexity index is 1290. The zero-order valence-electron chi connectivity index (χ0n) is 18.5. The van der Waals surface area contributed by atoms with E-state index in [1.807, 2.05) is 0 Å². The average Bonchev–Trinajstić information content (AvgIpc) is 3.21. The van der Waals surface area contributed by atoms with Crippen molar-refractivity contribution in [2.75, 3.05) is 13.1 Å². The molecule has 0 bridgehead atoms. The van der Waals surface area contributed by atoms with Gasteiger partial charge in [0.15, 0.2) is 0 Å². The molecule has 1 aromatic carbocycles. The lowest BCUT2D eigenvalue weighted by molar-refractivity contribution is -0.274. The van der Waals surface area contributed by atoms with Crippen LogP contribution in [0.3, 0.4) is 0 Å². The monoisotopic (exact) mass is 490 g/mol. The summed E-state index contributed by atoms with van der Waals surface area (Å²) in [6.07, 6.45) is -0.828. The summed E-state index contributed by atoms with van der Waals surface area (Å²) in [5, 5.41) is 13.2. The highest BCUT2D eigenvalue weighted by Gasteiger charge is 2.32. The second-order valence-corrected chi connectivity index (χ2v) is 8.81. The molecule has 0 saturated carbocycles. The normalized spacial score (nSPS) is 18.2. The number of H-pyrrole nitrogens is 1. The van der Waals surface area contributed by atoms with Crippen molar-refractivity contribution in [2.45, 2.75) is 44.4 Å². The Morgan fingerprint density at radius 1 is 1.17 bits per heavy atom. The molecule has 1 fully saturated rings. The highest BCUT2D eigenvalue weighted by Crippen LogP contribution is 2.39. The summed E-state index contributed by atoms with van der Waals surface area (Å²) < 4.78 is 56.0. The summed E-state index contributed by atoms with van der Waals surface area (Å²) in [4.78, 5) is 22.0. The van der Waals surface area contributed by atoms with Crippen molar-refractivity contribution in [1.82, 2.24) is 14.9 Å². The number of amides is 1. The van der Waals surface area contributed by atoms with Gasteiger partial charge in [0.05, 0.1) is 11.9 Å². The summed E-state index contributed by atoms with van der Waals surface area (Å²) in [6, 6.07) is 4.83. The van der Waals surface area contributed by atoms with E-state index in [9.17, 15) is 18.0 Å². The van der Waals surface area contributed by atoms with E-state index in [1.54, 1.807) is 4.90 Å². The summed E-state index contributed by atoms with van der Waals surface area (Å²) >= 11 is 0. The SMILES string of the molecule is O=C(c1ccc(OC(F)(F)F)cc1)N1CCC(c2c(F)cnc3[nH]c4c(c23)CCC(=NO)C4)CC1. The van der Waals surface area contributed by atoms with Gasteiger partial charge in [-0.2, -0.15) is 0 Å². The number of carbonyl (C=O) groups is 1. The number of oxime groups is 1. The van der Waals surface area contributed by atoms with Gasteiger partial charge in [0, 0.05) is 41.7 Å². The molecule has 3 heterocycles. The van der Waals surface area contributed by atoms with Gasteiger partial charge < -0.3 is 19.8 Å². The van der Waals surface area contributed by atoms with Gasteiger partial charge >= 0.3 is 6.36 Å². The number of nitrogens with one attached hydrogen (secondary N) is 1. The van der Waals surface area contributed by atoms with E-state index in [-0.39, 0.29) is 23.2 Å². The molecule has 184 valence electrons. The molecule has 1 amide bonds. The number of fused-ring (bicyclic) bond motifs is 3. The molecule has 5 rings (SSSR count). The fourth-order valence-corrected chi connectivity index (χ4v) is 5.10. The number of ether oxygens (including phenoxy) is 1. The van der Waals surface area contributed by atoms with Crippen molar-refractivity contribution < 1.29 is 32.3 Å². The smallest absolute Gasteiger partial charge is 0.411 e. The minimum atomic E-state index is -4.80. The molecule has 2 aromatic heterocycles. The molecular weight excluding hydrogens is 468 g/mol. The van der Waals surface area contributed by atoms with Crippen LogP contribution in [0.1, 0.15) is 52.4 Å². The highest BCUT2D eigenvalue weighted by molar-refractivity contribution is 5.95. The van der Waals surface area contributed by atoms with Gasteiger partial charge in [-0.25, -0.2) is 9.37 Å². The Hall–Kier alpha value is -3.63. The minimum Gasteiger partial charge on any atom is -0.411 e. The van der Waals surface area contributed by atoms with Crippen molar-refractivity contribution in [2.24, 2.45) is 5.16 Å². The van der Waals surface area contributed by atoms with E-state index in [1.165, 1.54) is 18.3 Å². The number of likely N-dealkylation sites (tertiary alicyclic amines) is 1. The van der Waals surface area contributed by atoms with Gasteiger partial charge in [0.25, 0.3) is 5.91 Å². The number of hydrogen-bond donors (Lipinski definition) is 2. The molecular formula is C24H22F4N4O3. The van der Waals surface area contributed by atoms with Crippen LogP contribution < -0.4 is 4.74 Å². The molecule has 1 aliphatic heterocycles. The van der Waals surface area contributed by atoms with Crippen LogP contribution in [-0.2, 0) is 12.8 Å². The van der Waals surface area contributed by atoms with Crippen molar-refractivity contribution in [3.8, 4) is 5.75 Å². The Labute approximate surface area is 197 Å². The average molecular weight is 490 g/mol. The number of alkyl halides is 3. The van der Waals surface area contributed by atoms with Gasteiger partial charge in [-0.1, -0.05) is 5.16 Å². The molecule has 0 spiro atoms. The predicted molar refractivity (Wildman–Crippen MR) is 118 cm³/mol. The number of pyridine rings is 1. The van der Waals surface area contributed by atoms with Gasteiger partial charge in [0.2, 0.25) is 0 Å². The zero-order valence-corrected chi connectivity index (χ0v) is 18.5. The van der Waals surface area contributed by atoms with Crippen LogP contribution in [0.2, 0.25) is 0 Å². The maximum absolute atomic E-state index is 15.1. The minimum absolute atomic E-state index is 0.111. The molecule has 1 saturated heterocycles. The molecule has 11 heteroatoms. The van der Waals surface area contributed by atoms with Crippen molar-refractivity contribution in [3.05, 3.63) is 58.7 Å². The number of benzene rings is 1. The Kier molecular flexibility index (Phi) is 5.86. The first-order valence-electron chi connectivity index (χ1n) is 11.3. The first-order valence-corrected chi connectivity index (χ1v) is 11.3. The number of piperidine rings is 1. The summed E-state index contributed by atoms with van der Waals surface area (Å²) in [6.45, 7) is 0.781. The van der Waals surface area contributed by atoms with Crippen LogP contribution in [0.15, 0.2) is 35.6 Å². The molecule has 0 atom stereocenters. The van der Waals surface area contributed by atoms with E-state index in [0.717, 1.165) is 28.8 Å². The van der Waals surface area contributed by atoms with Gasteiger partial charge in [-0.15, -0.1) is 13.2 Å². The standard InChI is InChI=1S/C24H22F4N4O3/c25-18-12-29-22-21(17-6-3-15(31-34)11-19(17)30-22)20(18)13-7-9-32(10-8-13)23(33)14-1-4-16(5-2-14)35-24(26,27)28/h1-2,4-5,12-13,34H,3,6-11H2,(H,29,30). The summed E-state index contributed by atoms with van der Waals surface area (Å²) in [7, 11) is 0. The van der Waals surface area contributed by atoms with Crippen molar-refractivity contribution in [3.63, 3.8) is 0 Å². The van der Waals surface area contributed by atoms with E-state index < -0.39 is 12.1 Å². The number of nitrogens with zero attached hydrogens (tertiary/aromatic N) is 3. The largest absolute Gasteiger partial charge is 0.573 e. The number of halogens is 4. The van der Waals surface area contributed by atoms with Crippen LogP contribution >= 0.6 is 0 Å². The fourth-order valence-electron chi connectivity index (χ4n) is 5.10. The van der Waals surface area contributed by atoms with Gasteiger partial charge in [0.1, 0.15) is 17.2 Å². The number of rotatable bonds is 3. The number of aryl methyl sites for hydroxylation is 1. The molecule has 0 radical (unpaired) electrons. The van der Waals surface area contributed by atoms with Crippen LogP contribution in [0.4, 0.5) is 17.6 Å². The highest BCUT2D eigenvalue weighted by atomic mass is 19.4. The van der Waals surface area contributed by atoms with Crippen LogP contribution in [0, 0.1) is 5.82 Å². The van der Waals surface area contributed by atoms with Crippen LogP contribution in [0.25, 0.3) is 11.0 Å². The van der Waals surface area contributed by atoms with E-state index in [4.69, 9.17) is 5.21 Å². The second kappa shape index (κ2) is 8.86. The lowest BCUT2D eigenvalue weighted by Crippen LogP contribution is -2.38. The van der Waals surface area contributed by atoms with Crippen molar-refractivity contribution >= 4 is 22.7 Å². The summed E-state index contributed by atoms with van der Waals surface area (Å²) in [5.41, 5.74) is 3.99. The Morgan fingerprint density at radius 2 is 1.89 bits per heavy atom. The topological polar surface area (TPSA) is 90.8 Å². The third-order valence-electron chi connectivity index (χ3n) is 6.72. The van der Waals surface area contributed by atoms with E-state index in [2.05, 4.69) is 19.9 Å². The van der Waals surface area contributed by atoms with Crippen molar-refractivity contribution in [1.29, 1.82) is 0 Å². The molecule has 2 N–H and O–H groups in total. The first-order chi connectivity index (χ1) is 16.7. The summed E-state index contributed by atoms with van der Waals surface area (Å²) in [5.74, 6) is -1.18. The Morgan fingerprint density at radius 3 is 2.54 bits per heavy atom. The molecule has 0 unspecified atom stereocenters. The fraction of sp³-hybridized carbons (Fsp3) is 0.375. The van der Waals surface area contributed by atoms with E-state index in [0.29, 0.717) is 62.1 Å². The molecule has 3 aromatic rings. The predicted octanol–water partition coefficient (Wildman–Crippen LogP) is 4.94.